The molecule has 92 valence electrons. The van der Waals surface area contributed by atoms with Crippen LogP contribution in [-0.2, 0) is 10.0 Å². The van der Waals surface area contributed by atoms with E-state index < -0.39 is 20.7 Å². The quantitative estimate of drug-likeness (QED) is 0.940. The predicted molar refractivity (Wildman–Crippen MR) is 66.2 cm³/mol. The molecule has 0 radical (unpaired) electrons. The summed E-state index contributed by atoms with van der Waals surface area (Å²) in [6.07, 6.45) is 0. The van der Waals surface area contributed by atoms with Crippen molar-refractivity contribution in [2.45, 2.75) is 4.90 Å². The third-order valence-corrected chi connectivity index (χ3v) is 4.48. The van der Waals surface area contributed by atoms with Gasteiger partial charge in [0.1, 0.15) is 21.8 Å². The fraction of sp³-hybridized carbons (Fsp3) is 0. The fourth-order valence-corrected chi connectivity index (χ4v) is 3.46. The number of benzene rings is 1. The lowest BCUT2D eigenvalue weighted by Gasteiger charge is -2.07. The number of rotatable bonds is 3. The number of hydrogen-bond donors (Lipinski definition) is 1. The van der Waals surface area contributed by atoms with Gasteiger partial charge in [0.25, 0.3) is 10.0 Å². The molecule has 18 heavy (non-hydrogen) atoms. The Kier molecular flexibility index (Phi) is 3.32. The Balaban J connectivity index is 2.41. The van der Waals surface area contributed by atoms with E-state index in [1.807, 2.05) is 6.07 Å². The molecule has 0 saturated carbocycles. The molecule has 0 unspecified atom stereocenters. The highest BCUT2D eigenvalue weighted by Crippen LogP contribution is 2.26. The monoisotopic (exact) mass is 282 g/mol. The van der Waals surface area contributed by atoms with E-state index in [9.17, 15) is 12.8 Å². The van der Waals surface area contributed by atoms with Crippen molar-refractivity contribution in [3.05, 3.63) is 47.1 Å². The minimum Gasteiger partial charge on any atom is -0.269 e. The van der Waals surface area contributed by atoms with Crippen LogP contribution in [0.2, 0.25) is 0 Å². The first-order valence-corrected chi connectivity index (χ1v) is 7.16. The molecular formula is C11H7FN2O2S2. The number of anilines is 1. The van der Waals surface area contributed by atoms with Crippen LogP contribution in [0.3, 0.4) is 0 Å². The van der Waals surface area contributed by atoms with Gasteiger partial charge in [0.05, 0.1) is 5.56 Å². The largest absolute Gasteiger partial charge is 0.269 e. The Morgan fingerprint density at radius 1 is 1.28 bits per heavy atom. The lowest BCUT2D eigenvalue weighted by molar-refractivity contribution is 0.570. The Hall–Kier alpha value is -1.91. The van der Waals surface area contributed by atoms with E-state index in [4.69, 9.17) is 5.26 Å². The number of sulfonamides is 1. The van der Waals surface area contributed by atoms with Crippen LogP contribution in [0.25, 0.3) is 0 Å². The van der Waals surface area contributed by atoms with E-state index in [2.05, 4.69) is 4.72 Å². The van der Waals surface area contributed by atoms with Crippen molar-refractivity contribution < 1.29 is 12.8 Å². The summed E-state index contributed by atoms with van der Waals surface area (Å²) in [4.78, 5) is -0.442. The van der Waals surface area contributed by atoms with Crippen LogP contribution in [0, 0.1) is 17.1 Å². The van der Waals surface area contributed by atoms with E-state index in [0.717, 1.165) is 23.5 Å². The lowest BCUT2D eigenvalue weighted by Crippen LogP contribution is -2.14. The van der Waals surface area contributed by atoms with Crippen molar-refractivity contribution in [1.29, 1.82) is 5.26 Å². The summed E-state index contributed by atoms with van der Waals surface area (Å²) in [5, 5.41) is 10.5. The summed E-state index contributed by atoms with van der Waals surface area (Å²) in [5.41, 5.74) is 0.208. The zero-order valence-electron chi connectivity index (χ0n) is 8.92. The Bertz CT molecular complexity index is 717. The minimum atomic E-state index is -4.01. The van der Waals surface area contributed by atoms with Gasteiger partial charge in [0, 0.05) is 0 Å². The molecule has 4 nitrogen and oxygen atoms in total. The van der Waals surface area contributed by atoms with Gasteiger partial charge in [0.15, 0.2) is 0 Å². The molecule has 0 atom stereocenters. The van der Waals surface area contributed by atoms with Crippen LogP contribution < -0.4 is 4.72 Å². The van der Waals surface area contributed by atoms with Gasteiger partial charge < -0.3 is 0 Å². The normalized spacial score (nSPS) is 10.9. The van der Waals surface area contributed by atoms with Gasteiger partial charge in [0.2, 0.25) is 0 Å². The molecule has 7 heteroatoms. The first-order valence-electron chi connectivity index (χ1n) is 4.79. The van der Waals surface area contributed by atoms with Gasteiger partial charge in [-0.05, 0) is 23.6 Å². The van der Waals surface area contributed by atoms with Crippen LogP contribution in [0.15, 0.2) is 40.6 Å². The highest BCUT2D eigenvalue weighted by Gasteiger charge is 2.20. The molecule has 0 aliphatic rings. The first kappa shape index (κ1) is 12.5. The summed E-state index contributed by atoms with van der Waals surface area (Å²) < 4.78 is 39.5. The van der Waals surface area contributed by atoms with Gasteiger partial charge >= 0.3 is 0 Å². The smallest absolute Gasteiger partial charge is 0.265 e. The van der Waals surface area contributed by atoms with Crippen molar-refractivity contribution in [3.8, 4) is 6.07 Å². The van der Waals surface area contributed by atoms with Crippen LogP contribution in [0.4, 0.5) is 9.39 Å². The van der Waals surface area contributed by atoms with Crippen molar-refractivity contribution in [1.82, 2.24) is 0 Å². The minimum absolute atomic E-state index is 0.181. The fourth-order valence-electron chi connectivity index (χ4n) is 1.32. The average Bonchev–Trinajstić information content (AvgIpc) is 2.76. The van der Waals surface area contributed by atoms with E-state index in [1.165, 1.54) is 18.2 Å². The molecule has 1 heterocycles. The molecule has 0 aliphatic carbocycles. The second-order valence-electron chi connectivity index (χ2n) is 3.31. The number of nitriles is 1. The number of thiophene rings is 1. The van der Waals surface area contributed by atoms with Crippen molar-refractivity contribution >= 4 is 26.4 Å². The molecule has 2 aromatic rings. The zero-order chi connectivity index (χ0) is 13.2. The number of nitrogens with one attached hydrogen (secondary N) is 1. The van der Waals surface area contributed by atoms with Crippen molar-refractivity contribution in [3.63, 3.8) is 0 Å². The molecule has 0 saturated heterocycles. The summed E-state index contributed by atoms with van der Waals surface area (Å²) in [6.45, 7) is 0. The first-order chi connectivity index (χ1) is 8.54. The molecule has 0 aliphatic heterocycles. The number of nitrogens with zero attached hydrogens (tertiary/aromatic N) is 1. The molecule has 1 aromatic heterocycles. The maximum absolute atomic E-state index is 13.4. The Morgan fingerprint density at radius 2 is 2.00 bits per heavy atom. The summed E-state index contributed by atoms with van der Waals surface area (Å²) in [7, 11) is -4.01. The SMILES string of the molecule is N#Cc1ccsc1NS(=O)(=O)c1ccccc1F. The second kappa shape index (κ2) is 4.76. The summed E-state index contributed by atoms with van der Waals surface area (Å²) in [5.74, 6) is -0.833. The maximum Gasteiger partial charge on any atom is 0.265 e. The summed E-state index contributed by atoms with van der Waals surface area (Å²) in [6, 6.07) is 8.40. The third-order valence-electron chi connectivity index (χ3n) is 2.14. The van der Waals surface area contributed by atoms with Crippen LogP contribution in [0.5, 0.6) is 0 Å². The van der Waals surface area contributed by atoms with Gasteiger partial charge in [-0.25, -0.2) is 12.8 Å². The highest BCUT2D eigenvalue weighted by atomic mass is 32.2. The Morgan fingerprint density at radius 3 is 2.67 bits per heavy atom. The summed E-state index contributed by atoms with van der Waals surface area (Å²) >= 11 is 1.07. The molecule has 0 amide bonds. The van der Waals surface area contributed by atoms with Crippen LogP contribution >= 0.6 is 11.3 Å². The van der Waals surface area contributed by atoms with Gasteiger partial charge in [-0.1, -0.05) is 12.1 Å². The maximum atomic E-state index is 13.4. The molecule has 1 N–H and O–H groups in total. The van der Waals surface area contributed by atoms with Crippen LogP contribution in [-0.4, -0.2) is 8.42 Å². The molecule has 0 bridgehead atoms. The van der Waals surface area contributed by atoms with Gasteiger partial charge in [-0.3, -0.25) is 4.72 Å². The lowest BCUT2D eigenvalue weighted by atomic mass is 10.3. The Labute approximate surface area is 107 Å². The topological polar surface area (TPSA) is 70.0 Å². The second-order valence-corrected chi connectivity index (χ2v) is 5.88. The van der Waals surface area contributed by atoms with E-state index in [-0.39, 0.29) is 10.6 Å². The third kappa shape index (κ3) is 2.34. The van der Waals surface area contributed by atoms with Crippen molar-refractivity contribution in [2.24, 2.45) is 0 Å². The van der Waals surface area contributed by atoms with Crippen LogP contribution in [0.1, 0.15) is 5.56 Å². The highest BCUT2D eigenvalue weighted by molar-refractivity contribution is 7.93. The number of hydrogen-bond acceptors (Lipinski definition) is 4. The molecule has 1 aromatic carbocycles. The molecular weight excluding hydrogens is 275 g/mol. The van der Waals surface area contributed by atoms with E-state index in [0.29, 0.717) is 0 Å². The van der Waals surface area contributed by atoms with Crippen molar-refractivity contribution in [2.75, 3.05) is 4.72 Å². The zero-order valence-corrected chi connectivity index (χ0v) is 10.6. The van der Waals surface area contributed by atoms with Gasteiger partial charge in [-0.2, -0.15) is 5.26 Å². The molecule has 0 fully saturated rings. The predicted octanol–water partition coefficient (Wildman–Crippen LogP) is 2.56. The standard InChI is InChI=1S/C11H7FN2O2S2/c12-9-3-1-2-4-10(9)18(15,16)14-11-8(7-13)5-6-17-11/h1-6,14H. The number of halogens is 1. The van der Waals surface area contributed by atoms with E-state index in [1.54, 1.807) is 5.38 Å². The molecule has 0 spiro atoms. The van der Waals surface area contributed by atoms with E-state index >= 15 is 0 Å². The average molecular weight is 282 g/mol. The molecule has 2 rings (SSSR count). The van der Waals surface area contributed by atoms with Gasteiger partial charge in [-0.15, -0.1) is 11.3 Å².